The topological polar surface area (TPSA) is 83.1 Å². The monoisotopic (exact) mass is 292 g/mol. The zero-order valence-corrected chi connectivity index (χ0v) is 13.3. The minimum absolute atomic E-state index is 0.0469. The largest absolute Gasteiger partial charge is 0.373 e. The number of carbonyl (C=O) groups excluding carboxylic acids is 2. The highest BCUT2D eigenvalue weighted by atomic mass is 16.2. The van der Waals surface area contributed by atoms with Gasteiger partial charge in [0.15, 0.2) is 0 Å². The van der Waals surface area contributed by atoms with Gasteiger partial charge >= 0.3 is 0 Å². The summed E-state index contributed by atoms with van der Waals surface area (Å²) in [6.45, 7) is 7.60. The third-order valence-electron chi connectivity index (χ3n) is 2.68. The molecular formula is C15H24N4O2. The average Bonchev–Trinajstić information content (AvgIpc) is 2.42. The Balaban J connectivity index is 2.69. The number of hydrogen-bond acceptors (Lipinski definition) is 4. The van der Waals surface area contributed by atoms with Crippen LogP contribution in [0.2, 0.25) is 0 Å². The number of aromatic nitrogens is 1. The summed E-state index contributed by atoms with van der Waals surface area (Å²) in [5.41, 5.74) is 1.01. The molecule has 2 amide bonds. The molecule has 0 aromatic carbocycles. The molecule has 0 saturated heterocycles. The smallest absolute Gasteiger partial charge is 0.251 e. The van der Waals surface area contributed by atoms with E-state index in [1.54, 1.807) is 19.2 Å². The van der Waals surface area contributed by atoms with Gasteiger partial charge in [-0.1, -0.05) is 6.92 Å². The molecule has 0 aliphatic rings. The van der Waals surface area contributed by atoms with E-state index in [1.807, 2.05) is 27.7 Å². The van der Waals surface area contributed by atoms with Crippen molar-refractivity contribution in [3.8, 4) is 0 Å². The number of amides is 2. The zero-order valence-electron chi connectivity index (χ0n) is 13.3. The molecule has 0 bridgehead atoms. The number of nitrogens with zero attached hydrogens (tertiary/aromatic N) is 1. The molecule has 1 aromatic rings. The molecule has 116 valence electrons. The second-order valence-corrected chi connectivity index (χ2v) is 5.82. The van der Waals surface area contributed by atoms with Crippen molar-refractivity contribution in [3.05, 3.63) is 23.4 Å². The van der Waals surface area contributed by atoms with Crippen molar-refractivity contribution >= 4 is 17.6 Å². The predicted octanol–water partition coefficient (Wildman–Crippen LogP) is 1.33. The highest BCUT2D eigenvalue weighted by Gasteiger charge is 2.15. The fourth-order valence-corrected chi connectivity index (χ4v) is 1.75. The molecule has 1 aromatic heterocycles. The Hall–Kier alpha value is -2.11. The minimum atomic E-state index is -0.312. The van der Waals surface area contributed by atoms with Crippen molar-refractivity contribution in [2.24, 2.45) is 0 Å². The van der Waals surface area contributed by atoms with E-state index in [4.69, 9.17) is 0 Å². The molecule has 6 heteroatoms. The fraction of sp³-hybridized carbons (Fsp3) is 0.533. The maximum Gasteiger partial charge on any atom is 0.251 e. The van der Waals surface area contributed by atoms with Gasteiger partial charge in [-0.15, -0.1) is 0 Å². The van der Waals surface area contributed by atoms with Crippen molar-refractivity contribution in [2.75, 3.05) is 18.9 Å². The van der Waals surface area contributed by atoms with Crippen molar-refractivity contribution in [3.63, 3.8) is 0 Å². The first kappa shape index (κ1) is 16.9. The van der Waals surface area contributed by atoms with Crippen LogP contribution in [-0.2, 0) is 11.2 Å². The molecule has 0 spiro atoms. The highest BCUT2D eigenvalue weighted by Crippen LogP contribution is 2.10. The summed E-state index contributed by atoms with van der Waals surface area (Å²) in [6.07, 6.45) is 0.736. The van der Waals surface area contributed by atoms with E-state index in [9.17, 15) is 9.59 Å². The van der Waals surface area contributed by atoms with Crippen LogP contribution >= 0.6 is 0 Å². The van der Waals surface area contributed by atoms with Gasteiger partial charge < -0.3 is 16.0 Å². The maximum absolute atomic E-state index is 12.1. The molecule has 0 atom stereocenters. The number of aryl methyl sites for hydroxylation is 1. The van der Waals surface area contributed by atoms with Crippen LogP contribution in [0.25, 0.3) is 0 Å². The summed E-state index contributed by atoms with van der Waals surface area (Å²) >= 11 is 0. The van der Waals surface area contributed by atoms with E-state index >= 15 is 0 Å². The lowest BCUT2D eigenvalue weighted by Gasteiger charge is -2.20. The SMILES string of the molecule is CCc1cc(C(=O)NCC(=O)NC(C)(C)C)cc(NC)n1. The Morgan fingerprint density at radius 3 is 2.43 bits per heavy atom. The summed E-state index contributed by atoms with van der Waals surface area (Å²) < 4.78 is 0. The summed E-state index contributed by atoms with van der Waals surface area (Å²) in [5.74, 6) is 0.140. The van der Waals surface area contributed by atoms with Crippen molar-refractivity contribution in [2.45, 2.75) is 39.7 Å². The number of anilines is 1. The molecule has 3 N–H and O–H groups in total. The zero-order chi connectivity index (χ0) is 16.0. The molecular weight excluding hydrogens is 268 g/mol. The van der Waals surface area contributed by atoms with Gasteiger partial charge in [0.1, 0.15) is 5.82 Å². The molecule has 0 fully saturated rings. The van der Waals surface area contributed by atoms with Gasteiger partial charge in [0.2, 0.25) is 5.91 Å². The van der Waals surface area contributed by atoms with Crippen LogP contribution in [0.4, 0.5) is 5.82 Å². The van der Waals surface area contributed by atoms with E-state index < -0.39 is 0 Å². The number of hydrogen-bond donors (Lipinski definition) is 3. The van der Waals surface area contributed by atoms with Gasteiger partial charge in [-0.25, -0.2) is 4.98 Å². The molecule has 1 heterocycles. The van der Waals surface area contributed by atoms with E-state index in [0.717, 1.165) is 12.1 Å². The van der Waals surface area contributed by atoms with Gasteiger partial charge in [-0.3, -0.25) is 9.59 Å². The molecule has 0 aliphatic heterocycles. The number of carbonyl (C=O) groups is 2. The molecule has 0 aliphatic carbocycles. The predicted molar refractivity (Wildman–Crippen MR) is 83.4 cm³/mol. The quantitative estimate of drug-likeness (QED) is 0.764. The maximum atomic E-state index is 12.1. The molecule has 0 saturated carbocycles. The van der Waals surface area contributed by atoms with Crippen LogP contribution < -0.4 is 16.0 Å². The Bertz CT molecular complexity index is 499. The number of pyridine rings is 1. The molecule has 21 heavy (non-hydrogen) atoms. The Labute approximate surface area is 125 Å². The van der Waals surface area contributed by atoms with Crippen LogP contribution in [0.3, 0.4) is 0 Å². The summed E-state index contributed by atoms with van der Waals surface area (Å²) in [5, 5.41) is 8.33. The summed E-state index contributed by atoms with van der Waals surface area (Å²) in [7, 11) is 1.75. The van der Waals surface area contributed by atoms with Crippen LogP contribution in [0.5, 0.6) is 0 Å². The van der Waals surface area contributed by atoms with E-state index in [-0.39, 0.29) is 23.9 Å². The van der Waals surface area contributed by atoms with E-state index in [2.05, 4.69) is 20.9 Å². The van der Waals surface area contributed by atoms with Crippen LogP contribution in [-0.4, -0.2) is 35.9 Å². The van der Waals surface area contributed by atoms with Gasteiger partial charge in [0, 0.05) is 23.8 Å². The lowest BCUT2D eigenvalue weighted by atomic mass is 10.1. The number of rotatable bonds is 5. The van der Waals surface area contributed by atoms with Crippen LogP contribution in [0.15, 0.2) is 12.1 Å². The van der Waals surface area contributed by atoms with Gasteiger partial charge in [0.25, 0.3) is 5.91 Å². The Kier molecular flexibility index (Phi) is 5.69. The van der Waals surface area contributed by atoms with Crippen molar-refractivity contribution in [1.29, 1.82) is 0 Å². The first-order valence-electron chi connectivity index (χ1n) is 7.03. The average molecular weight is 292 g/mol. The molecule has 0 unspecified atom stereocenters. The van der Waals surface area contributed by atoms with Crippen LogP contribution in [0, 0.1) is 0 Å². The third-order valence-corrected chi connectivity index (χ3v) is 2.68. The second-order valence-electron chi connectivity index (χ2n) is 5.82. The Morgan fingerprint density at radius 2 is 1.90 bits per heavy atom. The lowest BCUT2D eigenvalue weighted by Crippen LogP contribution is -2.45. The Morgan fingerprint density at radius 1 is 1.24 bits per heavy atom. The van der Waals surface area contributed by atoms with Crippen molar-refractivity contribution < 1.29 is 9.59 Å². The van der Waals surface area contributed by atoms with Crippen molar-refractivity contribution in [1.82, 2.24) is 15.6 Å². The van der Waals surface area contributed by atoms with Gasteiger partial charge in [-0.2, -0.15) is 0 Å². The lowest BCUT2D eigenvalue weighted by molar-refractivity contribution is -0.121. The third kappa shape index (κ3) is 5.81. The minimum Gasteiger partial charge on any atom is -0.373 e. The first-order chi connectivity index (χ1) is 9.75. The molecule has 0 radical (unpaired) electrons. The second kappa shape index (κ2) is 7.06. The first-order valence-corrected chi connectivity index (χ1v) is 7.03. The highest BCUT2D eigenvalue weighted by molar-refractivity contribution is 5.97. The van der Waals surface area contributed by atoms with E-state index in [0.29, 0.717) is 11.4 Å². The summed E-state index contributed by atoms with van der Waals surface area (Å²) in [6, 6.07) is 3.40. The molecule has 6 nitrogen and oxygen atoms in total. The standard InChI is InChI=1S/C15H24N4O2/c1-6-11-7-10(8-12(16-5)18-11)14(21)17-9-13(20)19-15(2,3)4/h7-8H,6,9H2,1-5H3,(H,16,18)(H,17,21)(H,19,20). The summed E-state index contributed by atoms with van der Waals surface area (Å²) in [4.78, 5) is 28.1. The molecule has 1 rings (SSSR count). The van der Waals surface area contributed by atoms with E-state index in [1.165, 1.54) is 0 Å². The van der Waals surface area contributed by atoms with Gasteiger partial charge in [-0.05, 0) is 39.3 Å². The van der Waals surface area contributed by atoms with Crippen LogP contribution in [0.1, 0.15) is 43.7 Å². The fourth-order valence-electron chi connectivity index (χ4n) is 1.75. The van der Waals surface area contributed by atoms with Gasteiger partial charge in [0.05, 0.1) is 6.54 Å². The number of nitrogens with one attached hydrogen (secondary N) is 3. The normalized spacial score (nSPS) is 10.9.